The lowest BCUT2D eigenvalue weighted by atomic mass is 10.2. The number of carbonyl (C=O) groups is 1. The third-order valence-corrected chi connectivity index (χ3v) is 3.23. The topological polar surface area (TPSA) is 77.2 Å². The zero-order valence-electron chi connectivity index (χ0n) is 10.9. The van der Waals surface area contributed by atoms with Crippen LogP contribution in [-0.2, 0) is 17.7 Å². The maximum Gasteiger partial charge on any atom is 0.358 e. The number of carboxylic acids is 1. The van der Waals surface area contributed by atoms with Gasteiger partial charge in [0.15, 0.2) is 5.69 Å². The van der Waals surface area contributed by atoms with Crippen LogP contribution < -0.4 is 0 Å². The zero-order valence-corrected chi connectivity index (χ0v) is 11.7. The molecule has 2 rings (SSSR count). The van der Waals surface area contributed by atoms with E-state index in [0.717, 1.165) is 5.56 Å². The molecule has 6 nitrogen and oxygen atoms in total. The maximum atomic E-state index is 11.1. The summed E-state index contributed by atoms with van der Waals surface area (Å²) < 4.78 is 6.54. The highest BCUT2D eigenvalue weighted by molar-refractivity contribution is 6.31. The SMILES string of the molecule is COCCc1c(C(=O)O)nnn1Cc1ccccc1Cl. The van der Waals surface area contributed by atoms with Crippen LogP contribution in [0.15, 0.2) is 24.3 Å². The average Bonchev–Trinajstić information content (AvgIpc) is 2.82. The van der Waals surface area contributed by atoms with Crippen LogP contribution in [0.25, 0.3) is 0 Å². The van der Waals surface area contributed by atoms with Gasteiger partial charge in [0.25, 0.3) is 0 Å². The van der Waals surface area contributed by atoms with Gasteiger partial charge in [-0.25, -0.2) is 9.48 Å². The van der Waals surface area contributed by atoms with E-state index in [4.69, 9.17) is 21.4 Å². The maximum absolute atomic E-state index is 11.1. The van der Waals surface area contributed by atoms with Crippen LogP contribution in [0.5, 0.6) is 0 Å². The largest absolute Gasteiger partial charge is 0.476 e. The molecular weight excluding hydrogens is 282 g/mol. The molecule has 1 N–H and O–H groups in total. The summed E-state index contributed by atoms with van der Waals surface area (Å²) in [5.74, 6) is -1.10. The van der Waals surface area contributed by atoms with Gasteiger partial charge in [-0.1, -0.05) is 35.0 Å². The normalized spacial score (nSPS) is 10.7. The minimum atomic E-state index is -1.10. The standard InChI is InChI=1S/C13H14ClN3O3/c1-20-7-6-11-12(13(18)19)15-16-17(11)8-9-4-2-3-5-10(9)14/h2-5H,6-8H2,1H3,(H,18,19). The van der Waals surface area contributed by atoms with Crippen LogP contribution in [0.1, 0.15) is 21.7 Å². The quantitative estimate of drug-likeness (QED) is 0.880. The summed E-state index contributed by atoms with van der Waals surface area (Å²) in [6.07, 6.45) is 0.426. The monoisotopic (exact) mass is 295 g/mol. The van der Waals surface area contributed by atoms with Crippen molar-refractivity contribution in [1.29, 1.82) is 0 Å². The van der Waals surface area contributed by atoms with Crippen LogP contribution >= 0.6 is 11.6 Å². The number of hydrogen-bond acceptors (Lipinski definition) is 4. The zero-order chi connectivity index (χ0) is 14.5. The minimum Gasteiger partial charge on any atom is -0.476 e. The lowest BCUT2D eigenvalue weighted by Gasteiger charge is -2.08. The van der Waals surface area contributed by atoms with E-state index < -0.39 is 5.97 Å². The predicted molar refractivity (Wildman–Crippen MR) is 73.1 cm³/mol. The first kappa shape index (κ1) is 14.5. The van der Waals surface area contributed by atoms with Crippen LogP contribution in [0.4, 0.5) is 0 Å². The Balaban J connectivity index is 2.31. The van der Waals surface area contributed by atoms with Gasteiger partial charge in [-0.05, 0) is 11.6 Å². The number of hydrogen-bond donors (Lipinski definition) is 1. The fourth-order valence-electron chi connectivity index (χ4n) is 1.86. The van der Waals surface area contributed by atoms with Crippen molar-refractivity contribution in [2.75, 3.05) is 13.7 Å². The summed E-state index contributed by atoms with van der Waals surface area (Å²) in [6.45, 7) is 0.773. The van der Waals surface area contributed by atoms with Crippen molar-refractivity contribution < 1.29 is 14.6 Å². The van der Waals surface area contributed by atoms with Gasteiger partial charge < -0.3 is 9.84 Å². The molecular formula is C13H14ClN3O3. The summed E-state index contributed by atoms with van der Waals surface area (Å²) in [5, 5.41) is 17.3. The Labute approximate surface area is 120 Å². The van der Waals surface area contributed by atoms with Gasteiger partial charge in [0, 0.05) is 18.6 Å². The van der Waals surface area contributed by atoms with Crippen LogP contribution in [0.2, 0.25) is 5.02 Å². The summed E-state index contributed by atoms with van der Waals surface area (Å²) >= 11 is 6.10. The molecule has 1 aromatic carbocycles. The highest BCUT2D eigenvalue weighted by Crippen LogP contribution is 2.17. The summed E-state index contributed by atoms with van der Waals surface area (Å²) in [4.78, 5) is 11.1. The third-order valence-electron chi connectivity index (χ3n) is 2.86. The molecule has 0 saturated carbocycles. The average molecular weight is 296 g/mol. The van der Waals surface area contributed by atoms with Gasteiger partial charge in [0.2, 0.25) is 0 Å². The minimum absolute atomic E-state index is 0.0471. The van der Waals surface area contributed by atoms with E-state index in [1.807, 2.05) is 18.2 Å². The molecule has 0 fully saturated rings. The fourth-order valence-corrected chi connectivity index (χ4v) is 2.06. The molecule has 1 heterocycles. The molecule has 0 aliphatic carbocycles. The lowest BCUT2D eigenvalue weighted by molar-refractivity contribution is 0.0688. The second kappa shape index (κ2) is 6.49. The van der Waals surface area contributed by atoms with Crippen LogP contribution in [0, 0.1) is 0 Å². The Morgan fingerprint density at radius 2 is 2.20 bits per heavy atom. The highest BCUT2D eigenvalue weighted by Gasteiger charge is 2.19. The van der Waals surface area contributed by atoms with Crippen molar-refractivity contribution in [3.63, 3.8) is 0 Å². The number of aromatic carboxylic acids is 1. The van der Waals surface area contributed by atoms with Crippen molar-refractivity contribution >= 4 is 17.6 Å². The van der Waals surface area contributed by atoms with Crippen molar-refractivity contribution in [2.45, 2.75) is 13.0 Å². The first-order chi connectivity index (χ1) is 9.63. The highest BCUT2D eigenvalue weighted by atomic mass is 35.5. The Hall–Kier alpha value is -1.92. The Kier molecular flexibility index (Phi) is 4.70. The number of ether oxygens (including phenoxy) is 1. The van der Waals surface area contributed by atoms with Gasteiger partial charge in [0.05, 0.1) is 18.8 Å². The smallest absolute Gasteiger partial charge is 0.358 e. The summed E-state index contributed by atoms with van der Waals surface area (Å²) in [7, 11) is 1.56. The van der Waals surface area contributed by atoms with Crippen molar-refractivity contribution in [3.05, 3.63) is 46.2 Å². The Bertz CT molecular complexity index is 613. The Morgan fingerprint density at radius 1 is 1.45 bits per heavy atom. The van der Waals surface area contributed by atoms with Crippen molar-refractivity contribution in [2.24, 2.45) is 0 Å². The Morgan fingerprint density at radius 3 is 2.85 bits per heavy atom. The molecule has 2 aromatic rings. The second-order valence-corrected chi connectivity index (χ2v) is 4.59. The van der Waals surface area contributed by atoms with E-state index in [-0.39, 0.29) is 5.69 Å². The number of rotatable bonds is 6. The van der Waals surface area contributed by atoms with Gasteiger partial charge >= 0.3 is 5.97 Å². The number of benzene rings is 1. The van der Waals surface area contributed by atoms with Crippen molar-refractivity contribution in [3.8, 4) is 0 Å². The van der Waals surface area contributed by atoms with E-state index in [2.05, 4.69) is 10.3 Å². The molecule has 0 saturated heterocycles. The van der Waals surface area contributed by atoms with Gasteiger partial charge in [-0.3, -0.25) is 0 Å². The molecule has 0 unspecified atom stereocenters. The number of aromatic nitrogens is 3. The first-order valence-corrected chi connectivity index (χ1v) is 6.39. The van der Waals surface area contributed by atoms with E-state index >= 15 is 0 Å². The molecule has 0 aliphatic heterocycles. The number of nitrogens with zero attached hydrogens (tertiary/aromatic N) is 3. The summed E-state index contributed by atoms with van der Waals surface area (Å²) in [5.41, 5.74) is 1.34. The molecule has 106 valence electrons. The molecule has 1 aromatic heterocycles. The lowest BCUT2D eigenvalue weighted by Crippen LogP contribution is -2.12. The van der Waals surface area contributed by atoms with E-state index in [1.54, 1.807) is 17.9 Å². The molecule has 7 heteroatoms. The molecule has 20 heavy (non-hydrogen) atoms. The van der Waals surface area contributed by atoms with Gasteiger partial charge in [-0.15, -0.1) is 5.10 Å². The molecule has 0 radical (unpaired) electrons. The van der Waals surface area contributed by atoms with Gasteiger partial charge in [0.1, 0.15) is 0 Å². The van der Waals surface area contributed by atoms with E-state index in [9.17, 15) is 4.79 Å². The number of halogens is 1. The first-order valence-electron chi connectivity index (χ1n) is 6.01. The molecule has 0 atom stereocenters. The fraction of sp³-hybridized carbons (Fsp3) is 0.308. The third kappa shape index (κ3) is 3.15. The van der Waals surface area contributed by atoms with E-state index in [0.29, 0.717) is 30.3 Å². The molecule has 0 spiro atoms. The number of methoxy groups -OCH3 is 1. The number of carboxylic acid groups (broad SMARTS) is 1. The summed E-state index contributed by atoms with van der Waals surface area (Å²) in [6, 6.07) is 7.35. The van der Waals surface area contributed by atoms with Crippen molar-refractivity contribution in [1.82, 2.24) is 15.0 Å². The second-order valence-electron chi connectivity index (χ2n) is 4.18. The molecule has 0 aliphatic rings. The predicted octanol–water partition coefficient (Wildman–Crippen LogP) is 1.87. The van der Waals surface area contributed by atoms with Gasteiger partial charge in [-0.2, -0.15) is 0 Å². The molecule has 0 bridgehead atoms. The van der Waals surface area contributed by atoms with Crippen LogP contribution in [0.3, 0.4) is 0 Å². The molecule has 0 amide bonds. The van der Waals surface area contributed by atoms with Crippen LogP contribution in [-0.4, -0.2) is 39.8 Å². The van der Waals surface area contributed by atoms with E-state index in [1.165, 1.54) is 0 Å².